The number of hydrogen-bond acceptors (Lipinski definition) is 4. The first-order chi connectivity index (χ1) is 12.5. The van der Waals surface area contributed by atoms with Crippen LogP contribution in [0.25, 0.3) is 0 Å². The highest BCUT2D eigenvalue weighted by molar-refractivity contribution is 7.84. The molecule has 150 valence electrons. The molecule has 0 amide bonds. The molecule has 1 rings (SSSR count). The zero-order chi connectivity index (χ0) is 19.3. The van der Waals surface area contributed by atoms with Gasteiger partial charge in [0.05, 0.1) is 6.61 Å². The Balaban J connectivity index is 2.15. The number of rotatable bonds is 15. The summed E-state index contributed by atoms with van der Waals surface area (Å²) in [5.41, 5.74) is 0. The van der Waals surface area contributed by atoms with Crippen LogP contribution in [-0.2, 0) is 10.3 Å². The second-order valence-electron chi connectivity index (χ2n) is 6.83. The normalized spacial score (nSPS) is 11.7. The van der Waals surface area contributed by atoms with Gasteiger partial charge in [-0.05, 0) is 18.6 Å². The van der Waals surface area contributed by atoms with E-state index in [-0.39, 0.29) is 5.75 Å². The largest absolute Gasteiger partial charge is 0.493 e. The predicted octanol–water partition coefficient (Wildman–Crippen LogP) is 5.17. The van der Waals surface area contributed by atoms with E-state index in [0.717, 1.165) is 10.7 Å². The van der Waals surface area contributed by atoms with E-state index >= 15 is 0 Å². The van der Waals surface area contributed by atoms with Crippen LogP contribution < -0.4 is 8.92 Å². The molecule has 5 nitrogen and oxygen atoms in total. The van der Waals surface area contributed by atoms with E-state index in [1.165, 1.54) is 71.9 Å². The molecule has 0 saturated carbocycles. The molecule has 1 aromatic rings. The van der Waals surface area contributed by atoms with Crippen molar-refractivity contribution >= 4 is 10.3 Å². The van der Waals surface area contributed by atoms with Crippen molar-refractivity contribution in [1.29, 1.82) is 0 Å². The summed E-state index contributed by atoms with van der Waals surface area (Å²) >= 11 is 0. The van der Waals surface area contributed by atoms with Gasteiger partial charge in [0.1, 0.15) is 11.5 Å². The predicted molar refractivity (Wildman–Crippen MR) is 107 cm³/mol. The zero-order valence-electron chi connectivity index (χ0n) is 16.6. The van der Waals surface area contributed by atoms with Gasteiger partial charge in [-0.2, -0.15) is 12.7 Å². The van der Waals surface area contributed by atoms with Crippen LogP contribution in [0.15, 0.2) is 24.3 Å². The third-order valence-corrected chi connectivity index (χ3v) is 5.52. The molecule has 6 heteroatoms. The molecule has 26 heavy (non-hydrogen) atoms. The summed E-state index contributed by atoms with van der Waals surface area (Å²) in [6.07, 6.45) is 12.9. The summed E-state index contributed by atoms with van der Waals surface area (Å²) in [7, 11) is -0.873. The molecule has 0 fully saturated rings. The minimum atomic E-state index is -3.74. The monoisotopic (exact) mass is 385 g/mol. The maximum atomic E-state index is 11.7. The third-order valence-electron chi connectivity index (χ3n) is 4.22. The first kappa shape index (κ1) is 22.8. The molecule has 0 bridgehead atoms. The molecule has 0 aliphatic heterocycles. The minimum absolute atomic E-state index is 0.263. The van der Waals surface area contributed by atoms with Crippen molar-refractivity contribution < 1.29 is 17.3 Å². The smallest absolute Gasteiger partial charge is 0.384 e. The third kappa shape index (κ3) is 10.0. The Kier molecular flexibility index (Phi) is 11.4. The van der Waals surface area contributed by atoms with Gasteiger partial charge in [0.25, 0.3) is 0 Å². The number of ether oxygens (including phenoxy) is 1. The number of hydrogen-bond donors (Lipinski definition) is 0. The molecular weight excluding hydrogens is 350 g/mol. The van der Waals surface area contributed by atoms with Gasteiger partial charge in [-0.3, -0.25) is 0 Å². The van der Waals surface area contributed by atoms with Gasteiger partial charge in [0.2, 0.25) is 0 Å². The van der Waals surface area contributed by atoms with E-state index in [2.05, 4.69) is 6.92 Å². The number of benzene rings is 1. The zero-order valence-corrected chi connectivity index (χ0v) is 17.4. The first-order valence-electron chi connectivity index (χ1n) is 9.80. The van der Waals surface area contributed by atoms with Gasteiger partial charge in [0.15, 0.2) is 0 Å². The van der Waals surface area contributed by atoms with Crippen LogP contribution >= 0.6 is 0 Å². The standard InChI is InChI=1S/C20H35NO4S/c1-4-5-6-7-8-9-10-11-12-13-17-24-19-15-14-16-20(18-19)25-26(22,23)21(2)3/h14-16,18H,4-13,17H2,1-3H3. The molecule has 0 heterocycles. The summed E-state index contributed by atoms with van der Waals surface area (Å²) in [5.74, 6) is 0.895. The maximum absolute atomic E-state index is 11.7. The van der Waals surface area contributed by atoms with Crippen LogP contribution in [-0.4, -0.2) is 33.4 Å². The second kappa shape index (κ2) is 13.0. The van der Waals surface area contributed by atoms with Crippen molar-refractivity contribution in [2.75, 3.05) is 20.7 Å². The Hall–Kier alpha value is -1.27. The molecule has 0 spiro atoms. The highest BCUT2D eigenvalue weighted by Gasteiger charge is 2.15. The molecule has 0 aliphatic rings. The van der Waals surface area contributed by atoms with Gasteiger partial charge in [-0.1, -0.05) is 70.8 Å². The molecule has 0 N–H and O–H groups in total. The van der Waals surface area contributed by atoms with Gasteiger partial charge >= 0.3 is 10.3 Å². The molecule has 1 aromatic carbocycles. The Morgan fingerprint density at radius 1 is 0.846 bits per heavy atom. The van der Waals surface area contributed by atoms with E-state index in [4.69, 9.17) is 8.92 Å². The van der Waals surface area contributed by atoms with Crippen LogP contribution in [0, 0.1) is 0 Å². The van der Waals surface area contributed by atoms with Crippen LogP contribution in [0.4, 0.5) is 0 Å². The van der Waals surface area contributed by atoms with E-state index in [9.17, 15) is 8.42 Å². The maximum Gasteiger partial charge on any atom is 0.384 e. The fourth-order valence-corrected chi connectivity index (χ4v) is 3.09. The molecule has 0 aromatic heterocycles. The molecule has 0 unspecified atom stereocenters. The van der Waals surface area contributed by atoms with Gasteiger partial charge in [-0.15, -0.1) is 0 Å². The van der Waals surface area contributed by atoms with Crippen LogP contribution in [0.3, 0.4) is 0 Å². The number of nitrogens with zero attached hydrogens (tertiary/aromatic N) is 1. The highest BCUT2D eigenvalue weighted by atomic mass is 32.2. The SMILES string of the molecule is CCCCCCCCCCCCOc1cccc(OS(=O)(=O)N(C)C)c1. The molecular formula is C20H35NO4S. The summed E-state index contributed by atoms with van der Waals surface area (Å²) in [6.45, 7) is 2.89. The van der Waals surface area contributed by atoms with Crippen molar-refractivity contribution in [2.45, 2.75) is 71.1 Å². The molecule has 0 atom stereocenters. The topological polar surface area (TPSA) is 55.8 Å². The number of unbranched alkanes of at least 4 members (excludes halogenated alkanes) is 9. The fraction of sp³-hybridized carbons (Fsp3) is 0.700. The van der Waals surface area contributed by atoms with Crippen molar-refractivity contribution in [3.63, 3.8) is 0 Å². The van der Waals surface area contributed by atoms with Crippen molar-refractivity contribution in [2.24, 2.45) is 0 Å². The van der Waals surface area contributed by atoms with Gasteiger partial charge in [0, 0.05) is 20.2 Å². The van der Waals surface area contributed by atoms with E-state index in [1.807, 2.05) is 6.07 Å². The fourth-order valence-electron chi connectivity index (χ4n) is 2.59. The Morgan fingerprint density at radius 2 is 1.38 bits per heavy atom. The van der Waals surface area contributed by atoms with E-state index < -0.39 is 10.3 Å². The lowest BCUT2D eigenvalue weighted by molar-refractivity contribution is 0.303. The summed E-state index contributed by atoms with van der Waals surface area (Å²) < 4.78 is 35.2. The molecule has 0 saturated heterocycles. The van der Waals surface area contributed by atoms with Crippen molar-refractivity contribution in [3.05, 3.63) is 24.3 Å². The lowest BCUT2D eigenvalue weighted by atomic mass is 10.1. The van der Waals surface area contributed by atoms with Gasteiger partial charge in [-0.25, -0.2) is 0 Å². The highest BCUT2D eigenvalue weighted by Crippen LogP contribution is 2.21. The summed E-state index contributed by atoms with van der Waals surface area (Å²) in [6, 6.07) is 6.76. The summed E-state index contributed by atoms with van der Waals surface area (Å²) in [4.78, 5) is 0. The van der Waals surface area contributed by atoms with Crippen LogP contribution in [0.1, 0.15) is 71.1 Å². The Labute approximate surface area is 159 Å². The van der Waals surface area contributed by atoms with Crippen LogP contribution in [0.5, 0.6) is 11.5 Å². The lowest BCUT2D eigenvalue weighted by Gasteiger charge is -2.13. The quantitative estimate of drug-likeness (QED) is 0.391. The minimum Gasteiger partial charge on any atom is -0.493 e. The molecule has 0 aliphatic carbocycles. The van der Waals surface area contributed by atoms with Crippen molar-refractivity contribution in [1.82, 2.24) is 4.31 Å². The summed E-state index contributed by atoms with van der Waals surface area (Å²) in [5, 5.41) is 0. The average Bonchev–Trinajstić information content (AvgIpc) is 2.59. The first-order valence-corrected chi connectivity index (χ1v) is 11.2. The van der Waals surface area contributed by atoms with Crippen molar-refractivity contribution in [3.8, 4) is 11.5 Å². The Bertz CT molecular complexity index is 587. The lowest BCUT2D eigenvalue weighted by Crippen LogP contribution is -2.27. The average molecular weight is 386 g/mol. The second-order valence-corrected chi connectivity index (χ2v) is 8.58. The van der Waals surface area contributed by atoms with E-state index in [1.54, 1.807) is 18.2 Å². The Morgan fingerprint density at radius 3 is 1.96 bits per heavy atom. The van der Waals surface area contributed by atoms with Crippen LogP contribution in [0.2, 0.25) is 0 Å². The van der Waals surface area contributed by atoms with E-state index in [0.29, 0.717) is 12.4 Å². The van der Waals surface area contributed by atoms with Gasteiger partial charge < -0.3 is 8.92 Å². The molecule has 0 radical (unpaired) electrons.